The number of carbonyl (C=O) groups is 1. The SMILES string of the molecule is COc1cc(/C=C/C(=O)c2ccc(C)c([N+](=O)[O-])c2)cc(Br)c1O. The first kappa shape index (κ1) is 17.7. The number of allylic oxidation sites excluding steroid dienone is 1. The van der Waals surface area contributed by atoms with E-state index in [2.05, 4.69) is 15.9 Å². The molecule has 0 aliphatic carbocycles. The highest BCUT2D eigenvalue weighted by Gasteiger charge is 2.14. The fraction of sp³-hybridized carbons (Fsp3) is 0.118. The minimum absolute atomic E-state index is 0.0323. The minimum atomic E-state index is -0.516. The second kappa shape index (κ2) is 7.27. The van der Waals surface area contributed by atoms with Crippen LogP contribution in [0.1, 0.15) is 21.5 Å². The van der Waals surface area contributed by atoms with Gasteiger partial charge in [-0.3, -0.25) is 14.9 Å². The lowest BCUT2D eigenvalue weighted by Gasteiger charge is -2.06. The van der Waals surface area contributed by atoms with Gasteiger partial charge >= 0.3 is 0 Å². The maximum absolute atomic E-state index is 12.2. The van der Waals surface area contributed by atoms with Gasteiger partial charge < -0.3 is 9.84 Å². The van der Waals surface area contributed by atoms with Gasteiger partial charge in [-0.15, -0.1) is 0 Å². The molecule has 124 valence electrons. The molecule has 6 nitrogen and oxygen atoms in total. The van der Waals surface area contributed by atoms with E-state index in [-0.39, 0.29) is 28.5 Å². The van der Waals surface area contributed by atoms with E-state index in [4.69, 9.17) is 4.74 Å². The third-order valence-electron chi connectivity index (χ3n) is 3.39. The molecule has 0 aromatic heterocycles. The number of phenols is 1. The zero-order valence-corrected chi connectivity index (χ0v) is 14.5. The first-order valence-electron chi connectivity index (χ1n) is 6.87. The Morgan fingerprint density at radius 3 is 2.67 bits per heavy atom. The van der Waals surface area contributed by atoms with Gasteiger partial charge in [0.1, 0.15) is 0 Å². The van der Waals surface area contributed by atoms with Crippen LogP contribution in [0.3, 0.4) is 0 Å². The lowest BCUT2D eigenvalue weighted by molar-refractivity contribution is -0.385. The predicted molar refractivity (Wildman–Crippen MR) is 93.6 cm³/mol. The molecular weight excluding hydrogens is 378 g/mol. The number of ether oxygens (including phenoxy) is 1. The molecule has 7 heteroatoms. The van der Waals surface area contributed by atoms with Gasteiger partial charge in [0.25, 0.3) is 5.69 Å². The molecule has 0 unspecified atom stereocenters. The number of halogens is 1. The number of nitro groups is 1. The highest BCUT2D eigenvalue weighted by molar-refractivity contribution is 9.10. The van der Waals surface area contributed by atoms with Crippen LogP contribution >= 0.6 is 15.9 Å². The second-order valence-electron chi connectivity index (χ2n) is 5.01. The van der Waals surface area contributed by atoms with E-state index in [9.17, 15) is 20.0 Å². The lowest BCUT2D eigenvalue weighted by Crippen LogP contribution is -1.98. The summed E-state index contributed by atoms with van der Waals surface area (Å²) in [6.07, 6.45) is 2.85. The first-order chi connectivity index (χ1) is 11.3. The van der Waals surface area contributed by atoms with E-state index < -0.39 is 4.92 Å². The largest absolute Gasteiger partial charge is 0.503 e. The van der Waals surface area contributed by atoms with Gasteiger partial charge in [0.2, 0.25) is 0 Å². The van der Waals surface area contributed by atoms with Crippen LogP contribution < -0.4 is 4.74 Å². The number of hydrogen-bond acceptors (Lipinski definition) is 5. The zero-order valence-electron chi connectivity index (χ0n) is 12.9. The molecule has 0 saturated heterocycles. The Morgan fingerprint density at radius 1 is 1.33 bits per heavy atom. The quantitative estimate of drug-likeness (QED) is 0.355. The van der Waals surface area contributed by atoms with Crippen LogP contribution in [0, 0.1) is 17.0 Å². The molecule has 2 aromatic rings. The predicted octanol–water partition coefficient (Wildman–Crippen LogP) is 4.28. The van der Waals surface area contributed by atoms with Crippen LogP contribution in [-0.4, -0.2) is 22.9 Å². The molecule has 24 heavy (non-hydrogen) atoms. The van der Waals surface area contributed by atoms with Gasteiger partial charge in [-0.1, -0.05) is 18.2 Å². The fourth-order valence-corrected chi connectivity index (χ4v) is 2.53. The number of aryl methyl sites for hydroxylation is 1. The summed E-state index contributed by atoms with van der Waals surface area (Å²) in [6.45, 7) is 1.61. The molecule has 0 amide bonds. The fourth-order valence-electron chi connectivity index (χ4n) is 2.07. The number of rotatable bonds is 5. The van der Waals surface area contributed by atoms with Crippen LogP contribution in [0.5, 0.6) is 11.5 Å². The maximum atomic E-state index is 12.2. The van der Waals surface area contributed by atoms with E-state index >= 15 is 0 Å². The summed E-state index contributed by atoms with van der Waals surface area (Å²) < 4.78 is 5.47. The van der Waals surface area contributed by atoms with Crippen molar-refractivity contribution in [1.29, 1.82) is 0 Å². The molecule has 0 fully saturated rings. The molecule has 2 aromatic carbocycles. The Kier molecular flexibility index (Phi) is 5.35. The standard InChI is InChI=1S/C17H14BrNO5/c1-10-3-5-12(9-14(10)19(22)23)15(20)6-4-11-7-13(18)17(21)16(8-11)24-2/h3-9,21H,1-2H3/b6-4+. The van der Waals surface area contributed by atoms with Crippen molar-refractivity contribution in [2.75, 3.05) is 7.11 Å². The summed E-state index contributed by atoms with van der Waals surface area (Å²) in [6, 6.07) is 7.54. The minimum Gasteiger partial charge on any atom is -0.503 e. The highest BCUT2D eigenvalue weighted by atomic mass is 79.9. The third-order valence-corrected chi connectivity index (χ3v) is 3.99. The molecule has 2 rings (SSSR count). The van der Waals surface area contributed by atoms with Crippen molar-refractivity contribution in [3.05, 3.63) is 67.7 Å². The molecule has 0 aliphatic rings. The molecule has 0 radical (unpaired) electrons. The molecule has 0 spiro atoms. The molecule has 0 saturated carbocycles. The Balaban J connectivity index is 2.30. The first-order valence-corrected chi connectivity index (χ1v) is 7.66. The van der Waals surface area contributed by atoms with Gasteiger partial charge in [-0.25, -0.2) is 0 Å². The van der Waals surface area contributed by atoms with Crippen molar-refractivity contribution < 1.29 is 19.6 Å². The Morgan fingerprint density at radius 2 is 2.04 bits per heavy atom. The summed E-state index contributed by atoms with van der Waals surface area (Å²) >= 11 is 3.20. The average Bonchev–Trinajstić information content (AvgIpc) is 2.55. The van der Waals surface area contributed by atoms with Crippen LogP contribution in [0.15, 0.2) is 40.9 Å². The van der Waals surface area contributed by atoms with E-state index in [1.165, 1.54) is 19.3 Å². The Bertz CT molecular complexity index is 845. The van der Waals surface area contributed by atoms with Crippen molar-refractivity contribution in [3.8, 4) is 11.5 Å². The number of benzene rings is 2. The number of nitrogens with zero attached hydrogens (tertiary/aromatic N) is 1. The molecule has 0 aliphatic heterocycles. The van der Waals surface area contributed by atoms with Crippen molar-refractivity contribution in [1.82, 2.24) is 0 Å². The molecule has 0 atom stereocenters. The van der Waals surface area contributed by atoms with E-state index in [1.807, 2.05) is 0 Å². The molecule has 0 heterocycles. The van der Waals surface area contributed by atoms with Gasteiger partial charge in [-0.2, -0.15) is 0 Å². The number of nitro benzene ring substituents is 1. The van der Waals surface area contributed by atoms with E-state index in [0.29, 0.717) is 15.6 Å². The van der Waals surface area contributed by atoms with Crippen LogP contribution in [-0.2, 0) is 0 Å². The topological polar surface area (TPSA) is 89.7 Å². The smallest absolute Gasteiger partial charge is 0.273 e. The normalized spacial score (nSPS) is 10.8. The lowest BCUT2D eigenvalue weighted by atomic mass is 10.1. The Hall–Kier alpha value is -2.67. The summed E-state index contributed by atoms with van der Waals surface area (Å²) in [5.41, 5.74) is 1.26. The van der Waals surface area contributed by atoms with Crippen molar-refractivity contribution in [2.45, 2.75) is 6.92 Å². The monoisotopic (exact) mass is 391 g/mol. The molecular formula is C17H14BrNO5. The summed E-state index contributed by atoms with van der Waals surface area (Å²) in [5.74, 6) is -0.126. The molecule has 0 bridgehead atoms. The summed E-state index contributed by atoms with van der Waals surface area (Å²) in [4.78, 5) is 22.6. The van der Waals surface area contributed by atoms with Crippen LogP contribution in [0.25, 0.3) is 6.08 Å². The number of ketones is 1. The number of hydrogen-bond donors (Lipinski definition) is 1. The zero-order chi connectivity index (χ0) is 17.9. The van der Waals surface area contributed by atoms with E-state index in [1.54, 1.807) is 37.3 Å². The third kappa shape index (κ3) is 3.80. The van der Waals surface area contributed by atoms with Crippen LogP contribution in [0.4, 0.5) is 5.69 Å². The van der Waals surface area contributed by atoms with E-state index in [0.717, 1.165) is 0 Å². The van der Waals surface area contributed by atoms with Crippen molar-refractivity contribution in [3.63, 3.8) is 0 Å². The number of methoxy groups -OCH3 is 1. The van der Waals surface area contributed by atoms with Gasteiger partial charge in [0.15, 0.2) is 17.3 Å². The summed E-state index contributed by atoms with van der Waals surface area (Å²) in [7, 11) is 1.42. The molecule has 1 N–H and O–H groups in total. The van der Waals surface area contributed by atoms with Gasteiger partial charge in [0.05, 0.1) is 16.5 Å². The maximum Gasteiger partial charge on any atom is 0.273 e. The number of carbonyl (C=O) groups excluding carboxylic acids is 1. The van der Waals surface area contributed by atoms with Crippen molar-refractivity contribution in [2.24, 2.45) is 0 Å². The van der Waals surface area contributed by atoms with Crippen LogP contribution in [0.2, 0.25) is 0 Å². The number of phenolic OH excluding ortho intramolecular Hbond substituents is 1. The Labute approximate surface area is 146 Å². The van der Waals surface area contributed by atoms with Gasteiger partial charge in [0, 0.05) is 17.2 Å². The average molecular weight is 392 g/mol. The second-order valence-corrected chi connectivity index (χ2v) is 5.86. The van der Waals surface area contributed by atoms with Gasteiger partial charge in [-0.05, 0) is 46.6 Å². The number of aromatic hydroxyl groups is 1. The van der Waals surface area contributed by atoms with Crippen molar-refractivity contribution >= 4 is 33.5 Å². The highest BCUT2D eigenvalue weighted by Crippen LogP contribution is 2.35. The summed E-state index contributed by atoms with van der Waals surface area (Å²) in [5, 5.41) is 20.7.